The fourth-order valence-corrected chi connectivity index (χ4v) is 3.08. The Bertz CT molecular complexity index is 612. The highest BCUT2D eigenvalue weighted by Crippen LogP contribution is 2.25. The highest BCUT2D eigenvalue weighted by Gasteiger charge is 2.27. The SMILES string of the molecule is COCC(C)(C)NS(=O)(=O)c1ccc(N)c([N+](=O)[O-])c1. The number of nitrogen functional groups attached to an aromatic ring is 1. The highest BCUT2D eigenvalue weighted by atomic mass is 32.2. The lowest BCUT2D eigenvalue weighted by Crippen LogP contribution is -2.46. The van der Waals surface area contributed by atoms with Gasteiger partial charge in [0.25, 0.3) is 5.69 Å². The number of hydrogen-bond donors (Lipinski definition) is 2. The molecule has 0 saturated carbocycles. The average molecular weight is 303 g/mol. The largest absolute Gasteiger partial charge is 0.393 e. The number of nitro benzene ring substituents is 1. The van der Waals surface area contributed by atoms with Crippen LogP contribution in [0.25, 0.3) is 0 Å². The number of hydrogen-bond acceptors (Lipinski definition) is 6. The second-order valence-corrected chi connectivity index (χ2v) is 6.58. The Labute approximate surface area is 117 Å². The summed E-state index contributed by atoms with van der Waals surface area (Å²) in [4.78, 5) is 9.83. The maximum atomic E-state index is 12.2. The van der Waals surface area contributed by atoms with Crippen molar-refractivity contribution in [1.29, 1.82) is 0 Å². The number of nitrogens with zero attached hydrogens (tertiary/aromatic N) is 1. The van der Waals surface area contributed by atoms with Gasteiger partial charge in [0, 0.05) is 13.2 Å². The van der Waals surface area contributed by atoms with Crippen LogP contribution in [-0.4, -0.2) is 32.6 Å². The van der Waals surface area contributed by atoms with Crippen molar-refractivity contribution in [3.05, 3.63) is 28.3 Å². The van der Waals surface area contributed by atoms with Crippen molar-refractivity contribution in [1.82, 2.24) is 4.72 Å². The van der Waals surface area contributed by atoms with Gasteiger partial charge in [0.2, 0.25) is 10.0 Å². The van der Waals surface area contributed by atoms with Crippen molar-refractivity contribution in [2.75, 3.05) is 19.5 Å². The number of nitrogens with one attached hydrogen (secondary N) is 1. The van der Waals surface area contributed by atoms with Gasteiger partial charge >= 0.3 is 0 Å². The Kier molecular flexibility index (Phi) is 4.69. The molecule has 0 unspecified atom stereocenters. The fourth-order valence-electron chi connectivity index (χ4n) is 1.66. The maximum absolute atomic E-state index is 12.2. The third-order valence-corrected chi connectivity index (χ3v) is 4.12. The Morgan fingerprint density at radius 2 is 2.05 bits per heavy atom. The van der Waals surface area contributed by atoms with Gasteiger partial charge in [-0.2, -0.15) is 0 Å². The quantitative estimate of drug-likeness (QED) is 0.456. The van der Waals surface area contributed by atoms with E-state index < -0.39 is 26.2 Å². The Balaban J connectivity index is 3.17. The van der Waals surface area contributed by atoms with Crippen LogP contribution >= 0.6 is 0 Å². The predicted molar refractivity (Wildman–Crippen MR) is 73.8 cm³/mol. The highest BCUT2D eigenvalue weighted by molar-refractivity contribution is 7.89. The van der Waals surface area contributed by atoms with Crippen molar-refractivity contribution in [2.24, 2.45) is 0 Å². The van der Waals surface area contributed by atoms with E-state index in [0.29, 0.717) is 0 Å². The fraction of sp³-hybridized carbons (Fsp3) is 0.455. The molecule has 0 amide bonds. The van der Waals surface area contributed by atoms with Gasteiger partial charge in [0.05, 0.1) is 22.0 Å². The summed E-state index contributed by atoms with van der Waals surface area (Å²) in [5.74, 6) is 0. The lowest BCUT2D eigenvalue weighted by molar-refractivity contribution is -0.384. The minimum Gasteiger partial charge on any atom is -0.393 e. The maximum Gasteiger partial charge on any atom is 0.293 e. The van der Waals surface area contributed by atoms with E-state index in [1.54, 1.807) is 13.8 Å². The first-order chi connectivity index (χ1) is 9.09. The molecule has 0 aliphatic rings. The molecule has 0 spiro atoms. The average Bonchev–Trinajstić information content (AvgIpc) is 2.26. The smallest absolute Gasteiger partial charge is 0.293 e. The second kappa shape index (κ2) is 5.73. The van der Waals surface area contributed by atoms with Gasteiger partial charge in [-0.15, -0.1) is 0 Å². The van der Waals surface area contributed by atoms with Gasteiger partial charge in [-0.05, 0) is 26.0 Å². The summed E-state index contributed by atoms with van der Waals surface area (Å²) in [5.41, 5.74) is 4.05. The number of methoxy groups -OCH3 is 1. The molecule has 0 saturated heterocycles. The van der Waals surface area contributed by atoms with E-state index in [1.165, 1.54) is 19.2 Å². The van der Waals surface area contributed by atoms with E-state index in [9.17, 15) is 18.5 Å². The van der Waals surface area contributed by atoms with E-state index in [1.807, 2.05) is 0 Å². The van der Waals surface area contributed by atoms with Crippen molar-refractivity contribution >= 4 is 21.4 Å². The normalized spacial score (nSPS) is 12.3. The molecule has 0 aromatic heterocycles. The molecule has 0 heterocycles. The van der Waals surface area contributed by atoms with Crippen molar-refractivity contribution in [3.63, 3.8) is 0 Å². The second-order valence-electron chi connectivity index (χ2n) is 4.90. The summed E-state index contributed by atoms with van der Waals surface area (Å²) in [7, 11) is -2.45. The minimum atomic E-state index is -3.90. The molecule has 0 aliphatic carbocycles. The monoisotopic (exact) mass is 303 g/mol. The summed E-state index contributed by atoms with van der Waals surface area (Å²) >= 11 is 0. The molecule has 112 valence electrons. The topological polar surface area (TPSA) is 125 Å². The summed E-state index contributed by atoms with van der Waals surface area (Å²) < 4.78 is 31.7. The summed E-state index contributed by atoms with van der Waals surface area (Å²) in [6, 6.07) is 3.34. The van der Waals surface area contributed by atoms with Crippen molar-refractivity contribution < 1.29 is 18.1 Å². The molecule has 0 aliphatic heterocycles. The Morgan fingerprint density at radius 3 is 2.55 bits per heavy atom. The standard InChI is InChI=1S/C11H17N3O5S/c1-11(2,7-19-3)13-20(17,18)8-4-5-9(12)10(6-8)14(15)16/h4-6,13H,7,12H2,1-3H3. The van der Waals surface area contributed by atoms with Crippen LogP contribution in [-0.2, 0) is 14.8 Å². The zero-order chi connectivity index (χ0) is 15.6. The van der Waals surface area contributed by atoms with E-state index in [4.69, 9.17) is 10.5 Å². The van der Waals surface area contributed by atoms with Crippen LogP contribution in [0, 0.1) is 10.1 Å². The van der Waals surface area contributed by atoms with Gasteiger partial charge in [0.1, 0.15) is 5.69 Å². The third kappa shape index (κ3) is 3.89. The van der Waals surface area contributed by atoms with Crippen molar-refractivity contribution in [3.8, 4) is 0 Å². The van der Waals surface area contributed by atoms with E-state index in [0.717, 1.165) is 6.07 Å². The molecule has 0 fully saturated rings. The van der Waals surface area contributed by atoms with E-state index >= 15 is 0 Å². The predicted octanol–water partition coefficient (Wildman–Crippen LogP) is 0.880. The molecule has 1 rings (SSSR count). The Morgan fingerprint density at radius 1 is 1.45 bits per heavy atom. The molecule has 0 bridgehead atoms. The minimum absolute atomic E-state index is 0.0925. The molecule has 20 heavy (non-hydrogen) atoms. The lowest BCUT2D eigenvalue weighted by Gasteiger charge is -2.24. The molecular formula is C11H17N3O5S. The number of anilines is 1. The zero-order valence-electron chi connectivity index (χ0n) is 11.4. The number of benzene rings is 1. The van der Waals surface area contributed by atoms with Crippen LogP contribution in [0.2, 0.25) is 0 Å². The van der Waals surface area contributed by atoms with Crippen LogP contribution in [0.15, 0.2) is 23.1 Å². The van der Waals surface area contributed by atoms with Crippen LogP contribution in [0.4, 0.5) is 11.4 Å². The number of rotatable bonds is 6. The van der Waals surface area contributed by atoms with Crippen molar-refractivity contribution in [2.45, 2.75) is 24.3 Å². The van der Waals surface area contributed by atoms with Gasteiger partial charge < -0.3 is 10.5 Å². The molecule has 0 atom stereocenters. The lowest BCUT2D eigenvalue weighted by atomic mass is 10.1. The van der Waals surface area contributed by atoms with Crippen LogP contribution in [0.1, 0.15) is 13.8 Å². The van der Waals surface area contributed by atoms with E-state index in [-0.39, 0.29) is 17.2 Å². The van der Waals surface area contributed by atoms with Crippen LogP contribution in [0.5, 0.6) is 0 Å². The van der Waals surface area contributed by atoms with E-state index in [2.05, 4.69) is 4.72 Å². The summed E-state index contributed by atoms with van der Waals surface area (Å²) in [6.45, 7) is 3.43. The first-order valence-electron chi connectivity index (χ1n) is 5.66. The number of nitro groups is 1. The molecule has 3 N–H and O–H groups in total. The summed E-state index contributed by atoms with van der Waals surface area (Å²) in [5, 5.41) is 10.8. The first kappa shape index (κ1) is 16.3. The number of ether oxygens (including phenoxy) is 1. The van der Waals surface area contributed by atoms with Crippen LogP contribution < -0.4 is 10.5 Å². The number of nitrogens with two attached hydrogens (primary N) is 1. The van der Waals surface area contributed by atoms with Gasteiger partial charge in [-0.1, -0.05) is 0 Å². The molecule has 0 radical (unpaired) electrons. The molecular weight excluding hydrogens is 286 g/mol. The first-order valence-corrected chi connectivity index (χ1v) is 7.14. The van der Waals surface area contributed by atoms with Gasteiger partial charge in [-0.25, -0.2) is 13.1 Å². The molecule has 1 aromatic carbocycles. The molecule has 9 heteroatoms. The number of sulfonamides is 1. The Hall–Kier alpha value is -1.71. The zero-order valence-corrected chi connectivity index (χ0v) is 12.2. The van der Waals surface area contributed by atoms with Gasteiger partial charge in [0.15, 0.2) is 0 Å². The molecule has 8 nitrogen and oxygen atoms in total. The summed E-state index contributed by atoms with van der Waals surface area (Å²) in [6.07, 6.45) is 0. The van der Waals surface area contributed by atoms with Gasteiger partial charge in [-0.3, -0.25) is 10.1 Å². The molecule has 1 aromatic rings. The van der Waals surface area contributed by atoms with Crippen LogP contribution in [0.3, 0.4) is 0 Å². The third-order valence-electron chi connectivity index (χ3n) is 2.42.